The van der Waals surface area contributed by atoms with E-state index in [2.05, 4.69) is 31.8 Å². The number of amides is 1. The second-order valence-corrected chi connectivity index (χ2v) is 7.96. The van der Waals surface area contributed by atoms with Crippen molar-refractivity contribution < 1.29 is 14.3 Å². The zero-order chi connectivity index (χ0) is 26.6. The van der Waals surface area contributed by atoms with Gasteiger partial charge in [0.2, 0.25) is 0 Å². The number of nitrogens with one attached hydrogen (secondary N) is 3. The van der Waals surface area contributed by atoms with E-state index in [4.69, 9.17) is 15.0 Å². The molecule has 0 radical (unpaired) electrons. The minimum atomic E-state index is -0.356. The highest BCUT2D eigenvalue weighted by Gasteiger charge is 2.12. The van der Waals surface area contributed by atoms with Gasteiger partial charge in [-0.15, -0.1) is 0 Å². The quantitative estimate of drug-likeness (QED) is 0.303. The average molecular weight is 500 g/mol. The monoisotopic (exact) mass is 499 g/mol. The van der Waals surface area contributed by atoms with Gasteiger partial charge >= 0.3 is 0 Å². The van der Waals surface area contributed by atoms with Crippen LogP contribution < -0.4 is 10.6 Å². The summed E-state index contributed by atoms with van der Waals surface area (Å²) in [5.41, 5.74) is 11.9. The molecule has 1 unspecified atom stereocenters. The molecule has 3 N–H and O–H groups in total. The number of methoxy groups -OCH3 is 1. The third-order valence-corrected chi connectivity index (χ3v) is 5.35. The number of nitrogens with zero attached hydrogens (tertiary/aromatic N) is 4. The number of hydrogen-bond acceptors (Lipinski definition) is 9. The standard InChI is InChI=1S/C27H29N7O3/c1-4-37-17-27(35)33-26-13-21(12-24(32-26)20-8-5-7-19(11-20)14-28)25(34-29)16-30-15-22-9-6-10-23(31-22)18(2)36-3/h5-13,16,18,29-30H,4,15,17H2,1-3H3,(H,32,33,35)/b25-16-,34-29?. The largest absolute Gasteiger partial charge is 0.383 e. The van der Waals surface area contributed by atoms with E-state index >= 15 is 0 Å². The van der Waals surface area contributed by atoms with Crippen molar-refractivity contribution in [3.05, 3.63) is 83.3 Å². The Bertz CT molecular complexity index is 1320. The Kier molecular flexibility index (Phi) is 9.96. The molecule has 10 heteroatoms. The van der Waals surface area contributed by atoms with Crippen LogP contribution in [-0.2, 0) is 20.8 Å². The third-order valence-electron chi connectivity index (χ3n) is 5.35. The SMILES string of the molecule is CCOCC(=O)Nc1cc(/C(=C/NCc2cccc(C(C)OC)n2)N=N)cc(-c2cccc(C#N)c2)n1. The van der Waals surface area contributed by atoms with E-state index in [1.807, 2.05) is 31.2 Å². The van der Waals surface area contributed by atoms with Crippen molar-refractivity contribution in [2.45, 2.75) is 26.5 Å². The Labute approximate surface area is 215 Å². The van der Waals surface area contributed by atoms with Gasteiger partial charge in [0.25, 0.3) is 5.91 Å². The highest BCUT2D eigenvalue weighted by Crippen LogP contribution is 2.26. The maximum atomic E-state index is 12.3. The summed E-state index contributed by atoms with van der Waals surface area (Å²) in [7, 11) is 1.63. The molecule has 1 atom stereocenters. The molecule has 2 heterocycles. The summed E-state index contributed by atoms with van der Waals surface area (Å²) < 4.78 is 10.5. The molecule has 10 nitrogen and oxygen atoms in total. The van der Waals surface area contributed by atoms with Crippen LogP contribution in [0.1, 0.15) is 42.5 Å². The Hall–Kier alpha value is -4.46. The molecule has 2 aromatic heterocycles. The number of rotatable bonds is 12. The summed E-state index contributed by atoms with van der Waals surface area (Å²) in [6.07, 6.45) is 1.48. The van der Waals surface area contributed by atoms with Crippen molar-refractivity contribution in [3.8, 4) is 17.3 Å². The Balaban J connectivity index is 1.91. The van der Waals surface area contributed by atoms with Gasteiger partial charge in [0.1, 0.15) is 18.1 Å². The minimum Gasteiger partial charge on any atom is -0.383 e. The molecule has 0 aliphatic carbocycles. The third kappa shape index (κ3) is 7.76. The molecule has 190 valence electrons. The van der Waals surface area contributed by atoms with Gasteiger partial charge in [-0.05, 0) is 50.2 Å². The minimum absolute atomic E-state index is 0.109. The van der Waals surface area contributed by atoms with Gasteiger partial charge in [-0.1, -0.05) is 18.2 Å². The van der Waals surface area contributed by atoms with Gasteiger partial charge in [0.05, 0.1) is 41.4 Å². The molecule has 1 amide bonds. The average Bonchev–Trinajstić information content (AvgIpc) is 2.93. The number of anilines is 1. The number of nitriles is 1. The van der Waals surface area contributed by atoms with Gasteiger partial charge in [-0.2, -0.15) is 10.4 Å². The molecule has 1 aromatic carbocycles. The smallest absolute Gasteiger partial charge is 0.251 e. The van der Waals surface area contributed by atoms with E-state index in [0.717, 1.165) is 11.4 Å². The molecule has 0 aliphatic heterocycles. The molecule has 3 rings (SSSR count). The molecule has 3 aromatic rings. The van der Waals surface area contributed by atoms with Crippen molar-refractivity contribution in [2.75, 3.05) is 25.6 Å². The Morgan fingerprint density at radius 2 is 2.03 bits per heavy atom. The summed E-state index contributed by atoms with van der Waals surface area (Å²) in [6.45, 7) is 4.43. The highest BCUT2D eigenvalue weighted by atomic mass is 16.5. The van der Waals surface area contributed by atoms with E-state index in [0.29, 0.717) is 41.2 Å². The second kappa shape index (κ2) is 13.6. The van der Waals surface area contributed by atoms with Gasteiger partial charge in [-0.25, -0.2) is 10.5 Å². The van der Waals surface area contributed by atoms with Crippen molar-refractivity contribution in [1.29, 1.82) is 10.8 Å². The number of pyridine rings is 2. The zero-order valence-electron chi connectivity index (χ0n) is 21.0. The number of ether oxygens (including phenoxy) is 2. The highest BCUT2D eigenvalue weighted by molar-refractivity contribution is 5.91. The summed E-state index contributed by atoms with van der Waals surface area (Å²) >= 11 is 0. The fourth-order valence-corrected chi connectivity index (χ4v) is 3.39. The van der Waals surface area contributed by atoms with E-state index in [-0.39, 0.29) is 24.4 Å². The molecular weight excluding hydrogens is 470 g/mol. The lowest BCUT2D eigenvalue weighted by atomic mass is 10.1. The first-order valence-corrected chi connectivity index (χ1v) is 11.7. The first kappa shape index (κ1) is 27.1. The van der Waals surface area contributed by atoms with Crippen LogP contribution >= 0.6 is 0 Å². The topological polar surface area (TPSA) is 145 Å². The van der Waals surface area contributed by atoms with Crippen LogP contribution in [0.3, 0.4) is 0 Å². The molecule has 0 saturated carbocycles. The summed E-state index contributed by atoms with van der Waals surface area (Å²) in [5.74, 6) is -0.0806. The van der Waals surface area contributed by atoms with Crippen LogP contribution in [0.15, 0.2) is 65.9 Å². The molecule has 0 saturated heterocycles. The van der Waals surface area contributed by atoms with Crippen LogP contribution in [0.25, 0.3) is 17.0 Å². The molecule has 0 fully saturated rings. The van der Waals surface area contributed by atoms with Gasteiger partial charge < -0.3 is 20.1 Å². The van der Waals surface area contributed by atoms with Crippen molar-refractivity contribution in [2.24, 2.45) is 5.11 Å². The van der Waals surface area contributed by atoms with Crippen LogP contribution in [-0.4, -0.2) is 36.2 Å². The Morgan fingerprint density at radius 3 is 2.76 bits per heavy atom. The van der Waals surface area contributed by atoms with E-state index in [9.17, 15) is 10.1 Å². The fourth-order valence-electron chi connectivity index (χ4n) is 3.39. The van der Waals surface area contributed by atoms with Crippen molar-refractivity contribution in [3.63, 3.8) is 0 Å². The zero-order valence-corrected chi connectivity index (χ0v) is 21.0. The van der Waals surface area contributed by atoms with Crippen LogP contribution in [0.5, 0.6) is 0 Å². The molecule has 0 spiro atoms. The van der Waals surface area contributed by atoms with E-state index in [1.165, 1.54) is 0 Å². The molecule has 0 bridgehead atoms. The lowest BCUT2D eigenvalue weighted by Crippen LogP contribution is -2.19. The van der Waals surface area contributed by atoms with Crippen LogP contribution in [0, 0.1) is 16.9 Å². The number of aromatic nitrogens is 2. The van der Waals surface area contributed by atoms with Gasteiger partial charge in [-0.3, -0.25) is 9.78 Å². The predicted molar refractivity (Wildman–Crippen MR) is 139 cm³/mol. The first-order valence-electron chi connectivity index (χ1n) is 11.7. The van der Waals surface area contributed by atoms with Crippen LogP contribution in [0.4, 0.5) is 5.82 Å². The van der Waals surface area contributed by atoms with Gasteiger partial charge in [0.15, 0.2) is 0 Å². The first-order chi connectivity index (χ1) is 18.0. The predicted octanol–water partition coefficient (Wildman–Crippen LogP) is 4.82. The van der Waals surface area contributed by atoms with Crippen molar-refractivity contribution >= 4 is 17.4 Å². The Morgan fingerprint density at radius 1 is 1.22 bits per heavy atom. The summed E-state index contributed by atoms with van der Waals surface area (Å²) in [6, 6.07) is 18.2. The van der Waals surface area contributed by atoms with Crippen molar-refractivity contribution in [1.82, 2.24) is 15.3 Å². The number of benzene rings is 1. The van der Waals surface area contributed by atoms with E-state index in [1.54, 1.807) is 50.6 Å². The lowest BCUT2D eigenvalue weighted by Gasteiger charge is -2.12. The number of hydrogen-bond donors (Lipinski definition) is 3. The summed E-state index contributed by atoms with van der Waals surface area (Å²) in [5, 5.41) is 18.8. The molecule has 37 heavy (non-hydrogen) atoms. The number of carbonyl (C=O) groups is 1. The molecule has 0 aliphatic rings. The lowest BCUT2D eigenvalue weighted by molar-refractivity contribution is -0.120. The number of carbonyl (C=O) groups excluding carboxylic acids is 1. The maximum Gasteiger partial charge on any atom is 0.251 e. The van der Waals surface area contributed by atoms with Gasteiger partial charge in [0, 0.05) is 31.0 Å². The normalized spacial score (nSPS) is 11.9. The maximum absolute atomic E-state index is 12.3. The fraction of sp³-hybridized carbons (Fsp3) is 0.259. The second-order valence-electron chi connectivity index (χ2n) is 7.96. The molecular formula is C27H29N7O3. The van der Waals surface area contributed by atoms with E-state index < -0.39 is 0 Å². The van der Waals surface area contributed by atoms with Crippen LogP contribution in [0.2, 0.25) is 0 Å². The summed E-state index contributed by atoms with van der Waals surface area (Å²) in [4.78, 5) is 21.4.